The van der Waals surface area contributed by atoms with E-state index in [9.17, 15) is 9.59 Å². The van der Waals surface area contributed by atoms with Crippen LogP contribution >= 0.6 is 0 Å². The lowest BCUT2D eigenvalue weighted by Crippen LogP contribution is -2.42. The number of para-hydroxylation sites is 1. The number of nitrogens with zero attached hydrogens (tertiary/aromatic N) is 1. The Morgan fingerprint density at radius 3 is 2.83 bits per heavy atom. The summed E-state index contributed by atoms with van der Waals surface area (Å²) in [5, 5.41) is 5.76. The van der Waals surface area contributed by atoms with Crippen LogP contribution in [0.4, 0.5) is 10.5 Å². The van der Waals surface area contributed by atoms with Gasteiger partial charge in [-0.1, -0.05) is 18.2 Å². The van der Waals surface area contributed by atoms with Gasteiger partial charge in [-0.3, -0.25) is 4.79 Å². The van der Waals surface area contributed by atoms with Crippen molar-refractivity contribution in [2.45, 2.75) is 25.7 Å². The number of likely N-dealkylation sites (tertiary alicyclic amines) is 1. The Morgan fingerprint density at radius 2 is 2.08 bits per heavy atom. The lowest BCUT2D eigenvalue weighted by molar-refractivity contribution is -0.121. The molecular formula is C18H27N3O3. The van der Waals surface area contributed by atoms with Gasteiger partial charge in [-0.05, 0) is 37.3 Å². The third kappa shape index (κ3) is 6.20. The third-order valence-electron chi connectivity index (χ3n) is 4.24. The van der Waals surface area contributed by atoms with E-state index in [2.05, 4.69) is 10.6 Å². The topological polar surface area (TPSA) is 70.7 Å². The number of urea groups is 1. The highest BCUT2D eigenvalue weighted by molar-refractivity contribution is 5.89. The molecule has 0 radical (unpaired) electrons. The second-order valence-corrected chi connectivity index (χ2v) is 6.13. The first-order valence-electron chi connectivity index (χ1n) is 8.55. The number of methoxy groups -OCH3 is 1. The largest absolute Gasteiger partial charge is 0.383 e. The first-order chi connectivity index (χ1) is 11.7. The minimum atomic E-state index is -0.0598. The maximum Gasteiger partial charge on any atom is 0.321 e. The molecule has 1 fully saturated rings. The van der Waals surface area contributed by atoms with E-state index >= 15 is 0 Å². The summed E-state index contributed by atoms with van der Waals surface area (Å²) < 4.78 is 4.91. The summed E-state index contributed by atoms with van der Waals surface area (Å²) in [7, 11) is 1.61. The summed E-state index contributed by atoms with van der Waals surface area (Å²) in [6, 6.07) is 9.42. The highest BCUT2D eigenvalue weighted by atomic mass is 16.5. The van der Waals surface area contributed by atoms with Crippen LogP contribution < -0.4 is 10.6 Å². The summed E-state index contributed by atoms with van der Waals surface area (Å²) in [6.07, 6.45) is 3.37. The maximum absolute atomic E-state index is 12.3. The average molecular weight is 333 g/mol. The van der Waals surface area contributed by atoms with Crippen LogP contribution in [0.2, 0.25) is 0 Å². The van der Waals surface area contributed by atoms with Gasteiger partial charge in [0.2, 0.25) is 5.91 Å². The molecule has 132 valence electrons. The van der Waals surface area contributed by atoms with E-state index in [4.69, 9.17) is 4.74 Å². The van der Waals surface area contributed by atoms with Gasteiger partial charge in [0, 0.05) is 38.9 Å². The minimum absolute atomic E-state index is 0.0536. The molecule has 1 saturated heterocycles. The van der Waals surface area contributed by atoms with Crippen LogP contribution in [-0.2, 0) is 9.53 Å². The molecule has 0 unspecified atom stereocenters. The van der Waals surface area contributed by atoms with E-state index in [1.165, 1.54) is 0 Å². The zero-order chi connectivity index (χ0) is 17.2. The van der Waals surface area contributed by atoms with Crippen LogP contribution in [0, 0.1) is 5.92 Å². The molecule has 1 aliphatic rings. The standard InChI is InChI=1S/C18H27N3O3/c1-24-13-11-19-17(22)10-9-15-6-5-12-21(14-15)18(23)20-16-7-3-2-4-8-16/h2-4,7-8,15H,5-6,9-14H2,1H3,(H,19,22)(H,20,23)/t15-/m1/s1. The number of piperidine rings is 1. The molecule has 1 heterocycles. The number of amides is 3. The number of hydrogen-bond donors (Lipinski definition) is 2. The van der Waals surface area contributed by atoms with Gasteiger partial charge in [-0.2, -0.15) is 0 Å². The molecule has 0 aromatic heterocycles. The second kappa shape index (κ2) is 9.93. The molecule has 2 rings (SSSR count). The molecule has 6 heteroatoms. The minimum Gasteiger partial charge on any atom is -0.383 e. The quantitative estimate of drug-likeness (QED) is 0.753. The van der Waals surface area contributed by atoms with Crippen molar-refractivity contribution in [3.8, 4) is 0 Å². The van der Waals surface area contributed by atoms with Crippen LogP contribution in [0.5, 0.6) is 0 Å². The Hall–Kier alpha value is -2.08. The zero-order valence-corrected chi connectivity index (χ0v) is 14.3. The molecule has 3 amide bonds. The molecule has 1 aliphatic heterocycles. The fourth-order valence-electron chi connectivity index (χ4n) is 2.93. The molecule has 0 saturated carbocycles. The van der Waals surface area contributed by atoms with Crippen LogP contribution in [0.1, 0.15) is 25.7 Å². The van der Waals surface area contributed by atoms with E-state index in [1.807, 2.05) is 35.2 Å². The van der Waals surface area contributed by atoms with E-state index in [1.54, 1.807) is 7.11 Å². The first-order valence-corrected chi connectivity index (χ1v) is 8.55. The van der Waals surface area contributed by atoms with Crippen molar-refractivity contribution in [3.63, 3.8) is 0 Å². The molecule has 0 spiro atoms. The van der Waals surface area contributed by atoms with Crippen molar-refractivity contribution in [2.75, 3.05) is 38.7 Å². The Kier molecular flexibility index (Phi) is 7.55. The monoisotopic (exact) mass is 333 g/mol. The second-order valence-electron chi connectivity index (χ2n) is 6.13. The van der Waals surface area contributed by atoms with Gasteiger partial charge >= 0.3 is 6.03 Å². The van der Waals surface area contributed by atoms with Gasteiger partial charge in [0.1, 0.15) is 0 Å². The SMILES string of the molecule is COCCNC(=O)CC[C@H]1CCCN(C(=O)Nc2ccccc2)C1. The summed E-state index contributed by atoms with van der Waals surface area (Å²) in [4.78, 5) is 26.0. The van der Waals surface area contributed by atoms with Gasteiger partial charge in [0.25, 0.3) is 0 Å². The maximum atomic E-state index is 12.3. The van der Waals surface area contributed by atoms with Crippen molar-refractivity contribution in [1.82, 2.24) is 10.2 Å². The zero-order valence-electron chi connectivity index (χ0n) is 14.3. The number of hydrogen-bond acceptors (Lipinski definition) is 3. The molecule has 1 atom stereocenters. The summed E-state index contributed by atoms with van der Waals surface area (Å²) >= 11 is 0. The van der Waals surface area contributed by atoms with E-state index in [-0.39, 0.29) is 11.9 Å². The van der Waals surface area contributed by atoms with Gasteiger partial charge in [-0.15, -0.1) is 0 Å². The van der Waals surface area contributed by atoms with Crippen molar-refractivity contribution < 1.29 is 14.3 Å². The predicted octanol–water partition coefficient (Wildman–Crippen LogP) is 2.47. The van der Waals surface area contributed by atoms with Crippen LogP contribution in [0.15, 0.2) is 30.3 Å². The van der Waals surface area contributed by atoms with E-state index in [0.29, 0.717) is 32.0 Å². The number of ether oxygens (including phenoxy) is 1. The van der Waals surface area contributed by atoms with Crippen molar-refractivity contribution in [3.05, 3.63) is 30.3 Å². The molecule has 1 aromatic rings. The van der Waals surface area contributed by atoms with Crippen molar-refractivity contribution in [1.29, 1.82) is 0 Å². The van der Waals surface area contributed by atoms with Crippen molar-refractivity contribution in [2.24, 2.45) is 5.92 Å². The average Bonchev–Trinajstić information content (AvgIpc) is 2.61. The van der Waals surface area contributed by atoms with Crippen molar-refractivity contribution >= 4 is 17.6 Å². The molecular weight excluding hydrogens is 306 g/mol. The fraction of sp³-hybridized carbons (Fsp3) is 0.556. The highest BCUT2D eigenvalue weighted by Gasteiger charge is 2.24. The van der Waals surface area contributed by atoms with Crippen LogP contribution in [-0.4, -0.2) is 50.2 Å². The lowest BCUT2D eigenvalue weighted by Gasteiger charge is -2.32. The molecule has 0 bridgehead atoms. The first kappa shape index (κ1) is 18.3. The molecule has 6 nitrogen and oxygen atoms in total. The molecule has 0 aliphatic carbocycles. The van der Waals surface area contributed by atoms with Gasteiger partial charge in [0.15, 0.2) is 0 Å². The summed E-state index contributed by atoms with van der Waals surface area (Å²) in [5.41, 5.74) is 0.808. The number of nitrogens with one attached hydrogen (secondary N) is 2. The normalized spacial score (nSPS) is 17.4. The Morgan fingerprint density at radius 1 is 1.29 bits per heavy atom. The Labute approximate surface area is 143 Å². The highest BCUT2D eigenvalue weighted by Crippen LogP contribution is 2.21. The molecule has 24 heavy (non-hydrogen) atoms. The van der Waals surface area contributed by atoms with Gasteiger partial charge < -0.3 is 20.3 Å². The number of carbonyl (C=O) groups excluding carboxylic acids is 2. The Balaban J connectivity index is 1.73. The number of benzene rings is 1. The number of rotatable bonds is 7. The summed E-state index contributed by atoms with van der Waals surface area (Å²) in [5.74, 6) is 0.436. The smallest absolute Gasteiger partial charge is 0.321 e. The fourth-order valence-corrected chi connectivity index (χ4v) is 2.93. The predicted molar refractivity (Wildman–Crippen MR) is 93.9 cm³/mol. The van der Waals surface area contributed by atoms with Gasteiger partial charge in [-0.25, -0.2) is 4.79 Å². The number of carbonyl (C=O) groups is 2. The Bertz CT molecular complexity index is 522. The summed E-state index contributed by atoms with van der Waals surface area (Å²) in [6.45, 7) is 2.56. The van der Waals surface area contributed by atoms with Gasteiger partial charge in [0.05, 0.1) is 6.61 Å². The molecule has 2 N–H and O–H groups in total. The van der Waals surface area contributed by atoms with E-state index in [0.717, 1.165) is 31.5 Å². The van der Waals surface area contributed by atoms with Crippen LogP contribution in [0.25, 0.3) is 0 Å². The lowest BCUT2D eigenvalue weighted by atomic mass is 9.93. The molecule has 1 aromatic carbocycles. The third-order valence-corrected chi connectivity index (χ3v) is 4.24. The van der Waals surface area contributed by atoms with Crippen LogP contribution in [0.3, 0.4) is 0 Å². The number of anilines is 1. The van der Waals surface area contributed by atoms with E-state index < -0.39 is 0 Å².